The highest BCUT2D eigenvalue weighted by Gasteiger charge is 2.27. The lowest BCUT2D eigenvalue weighted by atomic mass is 9.86. The van der Waals surface area contributed by atoms with Crippen molar-refractivity contribution in [3.8, 4) is 0 Å². The third-order valence-corrected chi connectivity index (χ3v) is 4.28. The number of hydrazine groups is 1. The fraction of sp³-hybridized carbons (Fsp3) is 0.571. The number of hydrogen-bond acceptors (Lipinski definition) is 4. The fourth-order valence-electron chi connectivity index (χ4n) is 2.76. The molecule has 0 bridgehead atoms. The molecule has 1 heterocycles. The smallest absolute Gasteiger partial charge is 0.274 e. The molecular weight excluding hydrogens is 276 g/mol. The van der Waals surface area contributed by atoms with E-state index >= 15 is 0 Å². The van der Waals surface area contributed by atoms with Crippen LogP contribution in [-0.4, -0.2) is 28.9 Å². The first-order valence-corrected chi connectivity index (χ1v) is 7.31. The number of carbonyl (C=O) groups is 1. The summed E-state index contributed by atoms with van der Waals surface area (Å²) < 4.78 is 0. The Morgan fingerprint density at radius 1 is 1.50 bits per heavy atom. The lowest BCUT2D eigenvalue weighted by Crippen LogP contribution is -2.40. The molecule has 1 saturated carbocycles. The van der Waals surface area contributed by atoms with Crippen LogP contribution < -0.4 is 11.3 Å². The molecule has 2 atom stereocenters. The Kier molecular flexibility index (Phi) is 4.83. The van der Waals surface area contributed by atoms with E-state index < -0.39 is 0 Å². The van der Waals surface area contributed by atoms with Crippen molar-refractivity contribution >= 4 is 23.3 Å². The highest BCUT2D eigenvalue weighted by Crippen LogP contribution is 2.28. The highest BCUT2D eigenvalue weighted by molar-refractivity contribution is 6.33. The van der Waals surface area contributed by atoms with Crippen LogP contribution in [0.25, 0.3) is 0 Å². The zero-order valence-corrected chi connectivity index (χ0v) is 12.7. The summed E-state index contributed by atoms with van der Waals surface area (Å²) in [6.45, 7) is 2.23. The minimum atomic E-state index is -0.147. The Morgan fingerprint density at radius 2 is 2.25 bits per heavy atom. The van der Waals surface area contributed by atoms with Crippen LogP contribution in [-0.2, 0) is 0 Å². The maximum atomic E-state index is 12.5. The Hall–Kier alpha value is -1.33. The quantitative estimate of drug-likeness (QED) is 0.664. The Labute approximate surface area is 124 Å². The predicted molar refractivity (Wildman–Crippen MR) is 80.6 cm³/mol. The van der Waals surface area contributed by atoms with Crippen molar-refractivity contribution in [1.29, 1.82) is 0 Å². The molecule has 0 aromatic carbocycles. The fourth-order valence-corrected chi connectivity index (χ4v) is 2.95. The largest absolute Gasteiger partial charge is 0.337 e. The zero-order valence-electron chi connectivity index (χ0n) is 11.9. The van der Waals surface area contributed by atoms with E-state index in [1.807, 2.05) is 7.05 Å². The molecule has 1 aromatic heterocycles. The Morgan fingerprint density at radius 3 is 2.90 bits per heavy atom. The van der Waals surface area contributed by atoms with E-state index in [2.05, 4.69) is 17.3 Å². The van der Waals surface area contributed by atoms with Crippen LogP contribution in [0, 0.1) is 5.92 Å². The number of anilines is 1. The van der Waals surface area contributed by atoms with Gasteiger partial charge in [-0.15, -0.1) is 0 Å². The van der Waals surface area contributed by atoms with Crippen LogP contribution in [0.15, 0.2) is 12.1 Å². The van der Waals surface area contributed by atoms with E-state index in [4.69, 9.17) is 17.4 Å². The van der Waals surface area contributed by atoms with E-state index in [0.29, 0.717) is 16.8 Å². The molecular formula is C14H21ClN4O. The average molecular weight is 297 g/mol. The molecule has 20 heavy (non-hydrogen) atoms. The highest BCUT2D eigenvalue weighted by atomic mass is 35.5. The van der Waals surface area contributed by atoms with Gasteiger partial charge in [-0.1, -0.05) is 31.4 Å². The summed E-state index contributed by atoms with van der Waals surface area (Å²) in [5.41, 5.74) is 2.69. The number of rotatable bonds is 3. The molecule has 5 nitrogen and oxygen atoms in total. The van der Waals surface area contributed by atoms with Crippen molar-refractivity contribution in [2.24, 2.45) is 11.8 Å². The van der Waals surface area contributed by atoms with Crippen molar-refractivity contribution in [3.63, 3.8) is 0 Å². The van der Waals surface area contributed by atoms with E-state index in [-0.39, 0.29) is 17.6 Å². The first-order valence-electron chi connectivity index (χ1n) is 6.93. The number of hydrogen-bond donors (Lipinski definition) is 2. The molecule has 0 saturated heterocycles. The number of nitrogen functional groups attached to an aromatic ring is 1. The van der Waals surface area contributed by atoms with Crippen molar-refractivity contribution in [2.75, 3.05) is 12.5 Å². The molecule has 1 aliphatic carbocycles. The summed E-state index contributed by atoms with van der Waals surface area (Å²) in [4.78, 5) is 18.5. The van der Waals surface area contributed by atoms with Gasteiger partial charge in [-0.3, -0.25) is 4.79 Å². The van der Waals surface area contributed by atoms with Gasteiger partial charge in [0.2, 0.25) is 0 Å². The van der Waals surface area contributed by atoms with Crippen molar-refractivity contribution in [2.45, 2.75) is 38.6 Å². The topological polar surface area (TPSA) is 71.2 Å². The first-order chi connectivity index (χ1) is 9.52. The molecule has 1 aromatic rings. The maximum absolute atomic E-state index is 12.5. The van der Waals surface area contributed by atoms with Gasteiger partial charge in [-0.2, -0.15) is 0 Å². The number of nitrogens with two attached hydrogens (primary N) is 1. The van der Waals surface area contributed by atoms with E-state index in [1.54, 1.807) is 17.0 Å². The number of halogens is 1. The van der Waals surface area contributed by atoms with Gasteiger partial charge in [0.15, 0.2) is 0 Å². The van der Waals surface area contributed by atoms with Gasteiger partial charge in [-0.05, 0) is 30.9 Å². The summed E-state index contributed by atoms with van der Waals surface area (Å²) in [6, 6.07) is 3.54. The summed E-state index contributed by atoms with van der Waals surface area (Å²) in [5.74, 6) is 6.27. The number of nitrogens with zero attached hydrogens (tertiary/aromatic N) is 2. The van der Waals surface area contributed by atoms with Gasteiger partial charge in [0, 0.05) is 13.1 Å². The van der Waals surface area contributed by atoms with Crippen LogP contribution in [0.3, 0.4) is 0 Å². The second-order valence-corrected chi connectivity index (χ2v) is 5.92. The standard InChI is InChI=1S/C14H21ClN4O/c1-9-4-3-5-10(8-9)19(2)14(20)13-11(15)6-7-12(17-13)18-16/h6-7,9-10H,3-5,8,16H2,1-2H3,(H,17,18). The third-order valence-electron chi connectivity index (χ3n) is 3.97. The molecule has 2 rings (SSSR count). The molecule has 3 N–H and O–H groups in total. The minimum Gasteiger partial charge on any atom is -0.337 e. The number of aromatic nitrogens is 1. The summed E-state index contributed by atoms with van der Waals surface area (Å²) in [5, 5.41) is 0.352. The number of nitrogens with one attached hydrogen (secondary N) is 1. The minimum absolute atomic E-state index is 0.147. The van der Waals surface area contributed by atoms with Crippen LogP contribution >= 0.6 is 11.6 Å². The van der Waals surface area contributed by atoms with Gasteiger partial charge >= 0.3 is 0 Å². The van der Waals surface area contributed by atoms with Gasteiger partial charge in [0.1, 0.15) is 11.5 Å². The molecule has 1 amide bonds. The van der Waals surface area contributed by atoms with Crippen molar-refractivity contribution in [1.82, 2.24) is 9.88 Å². The number of carbonyl (C=O) groups excluding carboxylic acids is 1. The van der Waals surface area contributed by atoms with Crippen LogP contribution in [0.1, 0.15) is 43.1 Å². The lowest BCUT2D eigenvalue weighted by Gasteiger charge is -2.34. The molecule has 110 valence electrons. The number of pyridine rings is 1. The average Bonchev–Trinajstić information content (AvgIpc) is 2.46. The first kappa shape index (κ1) is 15.1. The van der Waals surface area contributed by atoms with Gasteiger partial charge in [0.05, 0.1) is 5.02 Å². The maximum Gasteiger partial charge on any atom is 0.274 e. The third kappa shape index (κ3) is 3.22. The predicted octanol–water partition coefficient (Wildman–Crippen LogP) is 2.67. The summed E-state index contributed by atoms with van der Waals surface area (Å²) in [7, 11) is 1.82. The molecule has 1 fully saturated rings. The molecule has 2 unspecified atom stereocenters. The SMILES string of the molecule is CC1CCCC(N(C)C(=O)c2nc(NN)ccc2Cl)C1. The van der Waals surface area contributed by atoms with Crippen LogP contribution in [0.4, 0.5) is 5.82 Å². The monoisotopic (exact) mass is 296 g/mol. The Balaban J connectivity index is 2.17. The number of amides is 1. The molecule has 1 aliphatic rings. The van der Waals surface area contributed by atoms with Gasteiger partial charge in [-0.25, -0.2) is 10.8 Å². The normalized spacial score (nSPS) is 22.4. The second kappa shape index (κ2) is 6.41. The van der Waals surface area contributed by atoms with E-state index in [0.717, 1.165) is 19.3 Å². The second-order valence-electron chi connectivity index (χ2n) is 5.51. The van der Waals surface area contributed by atoms with Crippen molar-refractivity contribution < 1.29 is 4.79 Å². The molecule has 0 aliphatic heterocycles. The van der Waals surface area contributed by atoms with Gasteiger partial charge in [0.25, 0.3) is 5.91 Å². The van der Waals surface area contributed by atoms with Crippen molar-refractivity contribution in [3.05, 3.63) is 22.8 Å². The van der Waals surface area contributed by atoms with Crippen LogP contribution in [0.5, 0.6) is 0 Å². The molecule has 0 spiro atoms. The molecule has 6 heteroatoms. The summed E-state index contributed by atoms with van der Waals surface area (Å²) >= 11 is 6.08. The molecule has 0 radical (unpaired) electrons. The van der Waals surface area contributed by atoms with E-state index in [1.165, 1.54) is 6.42 Å². The van der Waals surface area contributed by atoms with Gasteiger partial charge < -0.3 is 10.3 Å². The van der Waals surface area contributed by atoms with Crippen LogP contribution in [0.2, 0.25) is 5.02 Å². The zero-order chi connectivity index (χ0) is 14.7. The lowest BCUT2D eigenvalue weighted by molar-refractivity contribution is 0.0666. The Bertz CT molecular complexity index is 494. The van der Waals surface area contributed by atoms with E-state index in [9.17, 15) is 4.79 Å². The summed E-state index contributed by atoms with van der Waals surface area (Å²) in [6.07, 6.45) is 4.48.